The summed E-state index contributed by atoms with van der Waals surface area (Å²) in [5.74, 6) is 0.787. The number of rotatable bonds is 4. The Balaban J connectivity index is 1.85. The van der Waals surface area contributed by atoms with Gasteiger partial charge in [-0.15, -0.1) is 0 Å². The van der Waals surface area contributed by atoms with Crippen molar-refractivity contribution < 1.29 is 4.39 Å². The van der Waals surface area contributed by atoms with Gasteiger partial charge in [-0.05, 0) is 42.9 Å². The van der Waals surface area contributed by atoms with Crippen LogP contribution in [0, 0.1) is 18.7 Å². The summed E-state index contributed by atoms with van der Waals surface area (Å²) in [5, 5.41) is 3.58. The van der Waals surface area contributed by atoms with Crippen molar-refractivity contribution in [2.45, 2.75) is 58.5 Å². The van der Waals surface area contributed by atoms with Crippen LogP contribution in [0.2, 0.25) is 0 Å². The maximum atomic E-state index is 13.4. The number of nitrogens with one attached hydrogen (secondary N) is 1. The van der Waals surface area contributed by atoms with Gasteiger partial charge < -0.3 is 5.32 Å². The fraction of sp³-hybridized carbons (Fsp3) is 0.625. The van der Waals surface area contributed by atoms with Crippen LogP contribution in [0.5, 0.6) is 0 Å². The highest BCUT2D eigenvalue weighted by molar-refractivity contribution is 5.23. The first-order valence-corrected chi connectivity index (χ1v) is 7.17. The summed E-state index contributed by atoms with van der Waals surface area (Å²) in [5.41, 5.74) is 1.78. The van der Waals surface area contributed by atoms with E-state index in [-0.39, 0.29) is 5.82 Å². The predicted octanol–water partition coefficient (Wildman–Crippen LogP) is 4.19. The van der Waals surface area contributed by atoms with Crippen LogP contribution < -0.4 is 5.32 Å². The molecule has 0 bridgehead atoms. The van der Waals surface area contributed by atoms with E-state index in [2.05, 4.69) is 12.2 Å². The van der Waals surface area contributed by atoms with Gasteiger partial charge in [0, 0.05) is 12.6 Å². The number of hydrogen-bond acceptors (Lipinski definition) is 1. The van der Waals surface area contributed by atoms with Gasteiger partial charge in [0.05, 0.1) is 0 Å². The monoisotopic (exact) mass is 249 g/mol. The average molecular weight is 249 g/mol. The highest BCUT2D eigenvalue weighted by Crippen LogP contribution is 2.26. The van der Waals surface area contributed by atoms with E-state index in [0.717, 1.165) is 23.6 Å². The summed E-state index contributed by atoms with van der Waals surface area (Å²) in [4.78, 5) is 0. The topological polar surface area (TPSA) is 12.0 Å². The van der Waals surface area contributed by atoms with E-state index in [1.54, 1.807) is 13.0 Å². The van der Waals surface area contributed by atoms with Crippen LogP contribution in [-0.2, 0) is 6.54 Å². The van der Waals surface area contributed by atoms with Gasteiger partial charge in [-0.1, -0.05) is 38.3 Å². The second kappa shape index (κ2) is 6.33. The van der Waals surface area contributed by atoms with Crippen molar-refractivity contribution in [2.75, 3.05) is 0 Å². The maximum absolute atomic E-state index is 13.4. The summed E-state index contributed by atoms with van der Waals surface area (Å²) >= 11 is 0. The smallest absolute Gasteiger partial charge is 0.126 e. The van der Waals surface area contributed by atoms with E-state index in [0.29, 0.717) is 6.04 Å². The Morgan fingerprint density at radius 2 is 2.17 bits per heavy atom. The average Bonchev–Trinajstić information content (AvgIpc) is 2.40. The molecule has 2 unspecified atom stereocenters. The molecule has 0 aliphatic heterocycles. The lowest BCUT2D eigenvalue weighted by Gasteiger charge is -2.29. The van der Waals surface area contributed by atoms with Crippen molar-refractivity contribution in [1.82, 2.24) is 5.32 Å². The zero-order valence-electron chi connectivity index (χ0n) is 11.5. The lowest BCUT2D eigenvalue weighted by Crippen LogP contribution is -2.33. The van der Waals surface area contributed by atoms with Gasteiger partial charge in [0.1, 0.15) is 5.82 Å². The van der Waals surface area contributed by atoms with Crippen molar-refractivity contribution in [1.29, 1.82) is 0 Å². The Morgan fingerprint density at radius 1 is 1.33 bits per heavy atom. The molecular weight excluding hydrogens is 225 g/mol. The van der Waals surface area contributed by atoms with Gasteiger partial charge in [0.15, 0.2) is 0 Å². The van der Waals surface area contributed by atoms with Crippen LogP contribution in [0.4, 0.5) is 4.39 Å². The summed E-state index contributed by atoms with van der Waals surface area (Å²) in [6.07, 6.45) is 6.55. The predicted molar refractivity (Wildman–Crippen MR) is 74.0 cm³/mol. The molecule has 1 aliphatic rings. The van der Waals surface area contributed by atoms with Gasteiger partial charge >= 0.3 is 0 Å². The first-order valence-electron chi connectivity index (χ1n) is 7.17. The second-order valence-corrected chi connectivity index (χ2v) is 5.60. The molecule has 1 saturated carbocycles. The molecule has 0 spiro atoms. The molecule has 100 valence electrons. The van der Waals surface area contributed by atoms with Gasteiger partial charge in [-0.25, -0.2) is 4.39 Å². The summed E-state index contributed by atoms with van der Waals surface area (Å²) in [7, 11) is 0. The molecule has 0 heterocycles. The first kappa shape index (κ1) is 13.5. The van der Waals surface area contributed by atoms with E-state index in [1.807, 2.05) is 12.1 Å². The Labute approximate surface area is 110 Å². The van der Waals surface area contributed by atoms with Gasteiger partial charge in [-0.2, -0.15) is 0 Å². The highest BCUT2D eigenvalue weighted by atomic mass is 19.1. The fourth-order valence-corrected chi connectivity index (χ4v) is 2.86. The molecule has 1 aromatic rings. The van der Waals surface area contributed by atoms with E-state index in [9.17, 15) is 4.39 Å². The van der Waals surface area contributed by atoms with Crippen LogP contribution in [0.1, 0.15) is 50.2 Å². The number of halogens is 1. The molecule has 2 rings (SSSR count). The van der Waals surface area contributed by atoms with Crippen LogP contribution in [0.25, 0.3) is 0 Å². The van der Waals surface area contributed by atoms with Crippen LogP contribution in [0.3, 0.4) is 0 Å². The third-order valence-electron chi connectivity index (χ3n) is 4.19. The van der Waals surface area contributed by atoms with E-state index >= 15 is 0 Å². The SMILES string of the molecule is CCC1CCCC(NCc2ccc(C)c(F)c2)C1. The van der Waals surface area contributed by atoms with Gasteiger partial charge in [0.2, 0.25) is 0 Å². The summed E-state index contributed by atoms with van der Waals surface area (Å²) in [6, 6.07) is 6.16. The molecule has 18 heavy (non-hydrogen) atoms. The van der Waals surface area contributed by atoms with Crippen molar-refractivity contribution in [2.24, 2.45) is 5.92 Å². The Morgan fingerprint density at radius 3 is 2.89 bits per heavy atom. The van der Waals surface area contributed by atoms with Crippen molar-refractivity contribution in [3.8, 4) is 0 Å². The molecule has 1 aliphatic carbocycles. The zero-order valence-corrected chi connectivity index (χ0v) is 11.5. The van der Waals surface area contributed by atoms with Crippen LogP contribution in [-0.4, -0.2) is 6.04 Å². The highest BCUT2D eigenvalue weighted by Gasteiger charge is 2.20. The molecule has 1 fully saturated rings. The van der Waals surface area contributed by atoms with E-state index in [4.69, 9.17) is 0 Å². The van der Waals surface area contributed by atoms with E-state index in [1.165, 1.54) is 32.1 Å². The van der Waals surface area contributed by atoms with E-state index < -0.39 is 0 Å². The van der Waals surface area contributed by atoms with Crippen LogP contribution >= 0.6 is 0 Å². The van der Waals surface area contributed by atoms with Gasteiger partial charge in [0.25, 0.3) is 0 Å². The number of hydrogen-bond donors (Lipinski definition) is 1. The minimum atomic E-state index is -0.0932. The molecule has 2 atom stereocenters. The Hall–Kier alpha value is -0.890. The second-order valence-electron chi connectivity index (χ2n) is 5.60. The van der Waals surface area contributed by atoms with Gasteiger partial charge in [-0.3, -0.25) is 0 Å². The van der Waals surface area contributed by atoms with Crippen LogP contribution in [0.15, 0.2) is 18.2 Å². The number of aryl methyl sites for hydroxylation is 1. The third-order valence-corrected chi connectivity index (χ3v) is 4.19. The fourth-order valence-electron chi connectivity index (χ4n) is 2.86. The minimum absolute atomic E-state index is 0.0932. The standard InChI is InChI=1S/C16H24FN/c1-3-13-5-4-6-15(9-13)18-11-14-8-7-12(2)16(17)10-14/h7-8,10,13,15,18H,3-6,9,11H2,1-2H3. The molecule has 2 heteroatoms. The molecular formula is C16H24FN. The Bertz CT molecular complexity index is 389. The van der Waals surface area contributed by atoms with Crippen molar-refractivity contribution in [3.63, 3.8) is 0 Å². The number of benzene rings is 1. The molecule has 1 N–H and O–H groups in total. The maximum Gasteiger partial charge on any atom is 0.126 e. The minimum Gasteiger partial charge on any atom is -0.310 e. The lowest BCUT2D eigenvalue weighted by molar-refractivity contribution is 0.278. The lowest BCUT2D eigenvalue weighted by atomic mass is 9.84. The first-order chi connectivity index (χ1) is 8.69. The summed E-state index contributed by atoms with van der Waals surface area (Å²) in [6.45, 7) is 4.88. The molecule has 0 aromatic heterocycles. The molecule has 1 aromatic carbocycles. The molecule has 0 saturated heterocycles. The normalized spacial score (nSPS) is 24.2. The quantitative estimate of drug-likeness (QED) is 0.843. The largest absolute Gasteiger partial charge is 0.310 e. The zero-order chi connectivity index (χ0) is 13.0. The third kappa shape index (κ3) is 3.55. The molecule has 0 radical (unpaired) electrons. The summed E-state index contributed by atoms with van der Waals surface area (Å²) < 4.78 is 13.4. The molecule has 1 nitrogen and oxygen atoms in total. The Kier molecular flexibility index (Phi) is 4.76. The van der Waals surface area contributed by atoms with Crippen molar-refractivity contribution in [3.05, 3.63) is 35.1 Å². The molecule has 0 amide bonds. The van der Waals surface area contributed by atoms with Crippen molar-refractivity contribution >= 4 is 0 Å².